The van der Waals surface area contributed by atoms with Crippen LogP contribution in [0.5, 0.6) is 0 Å². The number of hydrogen-bond acceptors (Lipinski definition) is 3. The van der Waals surface area contributed by atoms with E-state index in [4.69, 9.17) is 0 Å². The van der Waals surface area contributed by atoms with E-state index in [1.807, 2.05) is 23.3 Å². The average Bonchev–Trinajstić information content (AvgIpc) is 2.60. The fourth-order valence-corrected chi connectivity index (χ4v) is 3.20. The molecule has 1 aromatic heterocycles. The maximum absolute atomic E-state index is 12.2. The Morgan fingerprint density at radius 3 is 2.94 bits per heavy atom. The SMILES string of the molecule is CC1(O)CCCN(C(=O)c2csc(Br)c2)CC1. The molecule has 94 valence electrons. The van der Waals surface area contributed by atoms with Gasteiger partial charge in [-0.25, -0.2) is 0 Å². The van der Waals surface area contributed by atoms with Gasteiger partial charge in [0.25, 0.3) is 5.91 Å². The second-order valence-corrected chi connectivity index (χ2v) is 7.07. The number of carbonyl (C=O) groups excluding carboxylic acids is 1. The largest absolute Gasteiger partial charge is 0.390 e. The summed E-state index contributed by atoms with van der Waals surface area (Å²) in [5.41, 5.74) is 0.119. The number of carbonyl (C=O) groups is 1. The summed E-state index contributed by atoms with van der Waals surface area (Å²) in [6, 6.07) is 1.86. The van der Waals surface area contributed by atoms with E-state index in [9.17, 15) is 9.90 Å². The zero-order valence-corrected chi connectivity index (χ0v) is 12.2. The van der Waals surface area contributed by atoms with Gasteiger partial charge in [0.05, 0.1) is 15.0 Å². The van der Waals surface area contributed by atoms with Crippen LogP contribution in [0.3, 0.4) is 0 Å². The predicted molar refractivity (Wildman–Crippen MR) is 72.4 cm³/mol. The van der Waals surface area contributed by atoms with Gasteiger partial charge >= 0.3 is 0 Å². The molecular formula is C12H16BrNO2S. The fraction of sp³-hybridized carbons (Fsp3) is 0.583. The Bertz CT molecular complexity index is 416. The first kappa shape index (κ1) is 13.1. The third-order valence-electron chi connectivity index (χ3n) is 3.17. The summed E-state index contributed by atoms with van der Waals surface area (Å²) in [5.74, 6) is 0.0738. The molecule has 0 spiro atoms. The molecule has 1 atom stereocenters. The van der Waals surface area contributed by atoms with E-state index in [0.29, 0.717) is 13.0 Å². The van der Waals surface area contributed by atoms with Crippen LogP contribution in [0.25, 0.3) is 0 Å². The van der Waals surface area contributed by atoms with Crippen LogP contribution in [0.4, 0.5) is 0 Å². The Kier molecular flexibility index (Phi) is 3.90. The number of thiophene rings is 1. The minimum absolute atomic E-state index is 0.0738. The Morgan fingerprint density at radius 2 is 2.29 bits per heavy atom. The van der Waals surface area contributed by atoms with Crippen molar-refractivity contribution in [1.82, 2.24) is 4.90 Å². The standard InChI is InChI=1S/C12H16BrNO2S/c1-12(16)3-2-5-14(6-4-12)11(15)9-7-10(13)17-8-9/h7-8,16H,2-6H2,1H3. The van der Waals surface area contributed by atoms with Crippen LogP contribution in [0.15, 0.2) is 15.2 Å². The van der Waals surface area contributed by atoms with Crippen LogP contribution in [0.2, 0.25) is 0 Å². The smallest absolute Gasteiger partial charge is 0.254 e. The first-order chi connectivity index (χ1) is 7.98. The number of amides is 1. The van der Waals surface area contributed by atoms with Crippen LogP contribution in [0, 0.1) is 0 Å². The van der Waals surface area contributed by atoms with Crippen LogP contribution >= 0.6 is 27.3 Å². The van der Waals surface area contributed by atoms with E-state index in [1.54, 1.807) is 0 Å². The van der Waals surface area contributed by atoms with E-state index in [1.165, 1.54) is 11.3 Å². The van der Waals surface area contributed by atoms with Gasteiger partial charge in [-0.05, 0) is 48.2 Å². The van der Waals surface area contributed by atoms with Gasteiger partial charge in [0.2, 0.25) is 0 Å². The maximum atomic E-state index is 12.2. The number of nitrogens with zero attached hydrogens (tertiary/aromatic N) is 1. The summed E-state index contributed by atoms with van der Waals surface area (Å²) in [7, 11) is 0. The van der Waals surface area contributed by atoms with Gasteiger partial charge in [0.15, 0.2) is 0 Å². The Hall–Kier alpha value is -0.390. The normalized spacial score (nSPS) is 25.7. The number of halogens is 1. The molecule has 1 amide bonds. The molecule has 1 aliphatic rings. The number of aliphatic hydroxyl groups is 1. The van der Waals surface area contributed by atoms with Crippen molar-refractivity contribution < 1.29 is 9.90 Å². The lowest BCUT2D eigenvalue weighted by atomic mass is 9.98. The average molecular weight is 318 g/mol. The van der Waals surface area contributed by atoms with Crippen molar-refractivity contribution in [2.75, 3.05) is 13.1 Å². The van der Waals surface area contributed by atoms with Crippen molar-refractivity contribution in [3.8, 4) is 0 Å². The Morgan fingerprint density at radius 1 is 1.53 bits per heavy atom. The minimum atomic E-state index is -0.621. The monoisotopic (exact) mass is 317 g/mol. The van der Waals surface area contributed by atoms with Crippen molar-refractivity contribution in [3.05, 3.63) is 20.8 Å². The van der Waals surface area contributed by atoms with Gasteiger partial charge in [0.1, 0.15) is 0 Å². The highest BCUT2D eigenvalue weighted by molar-refractivity contribution is 9.11. The Balaban J connectivity index is 2.05. The zero-order valence-electron chi connectivity index (χ0n) is 9.78. The van der Waals surface area contributed by atoms with Crippen LogP contribution in [-0.2, 0) is 0 Å². The molecular weight excluding hydrogens is 302 g/mol. The molecule has 5 heteroatoms. The first-order valence-corrected chi connectivity index (χ1v) is 7.41. The summed E-state index contributed by atoms with van der Waals surface area (Å²) in [6.07, 6.45) is 2.29. The second kappa shape index (κ2) is 5.08. The third kappa shape index (κ3) is 3.30. The van der Waals surface area contributed by atoms with Gasteiger partial charge < -0.3 is 10.0 Å². The molecule has 3 nitrogen and oxygen atoms in total. The van der Waals surface area contributed by atoms with Gasteiger partial charge in [-0.15, -0.1) is 11.3 Å². The maximum Gasteiger partial charge on any atom is 0.254 e. The van der Waals surface area contributed by atoms with Crippen LogP contribution < -0.4 is 0 Å². The van der Waals surface area contributed by atoms with Crippen LogP contribution in [0.1, 0.15) is 36.5 Å². The van der Waals surface area contributed by atoms with Crippen molar-refractivity contribution in [2.45, 2.75) is 31.8 Å². The highest BCUT2D eigenvalue weighted by Crippen LogP contribution is 2.25. The second-order valence-electron chi connectivity index (χ2n) is 4.78. The zero-order chi connectivity index (χ0) is 12.5. The van der Waals surface area contributed by atoms with Crippen molar-refractivity contribution >= 4 is 33.2 Å². The number of hydrogen-bond donors (Lipinski definition) is 1. The van der Waals surface area contributed by atoms with Crippen molar-refractivity contribution in [3.63, 3.8) is 0 Å². The van der Waals surface area contributed by atoms with E-state index >= 15 is 0 Å². The summed E-state index contributed by atoms with van der Waals surface area (Å²) in [5, 5.41) is 11.9. The third-order valence-corrected chi connectivity index (χ3v) is 4.67. The predicted octanol–water partition coefficient (Wildman–Crippen LogP) is 2.89. The number of likely N-dealkylation sites (tertiary alicyclic amines) is 1. The summed E-state index contributed by atoms with van der Waals surface area (Å²) in [6.45, 7) is 3.23. The molecule has 0 bridgehead atoms. The molecule has 1 aliphatic heterocycles. The van der Waals surface area contributed by atoms with E-state index < -0.39 is 5.60 Å². The molecule has 1 N–H and O–H groups in total. The molecule has 2 rings (SSSR count). The molecule has 1 unspecified atom stereocenters. The summed E-state index contributed by atoms with van der Waals surface area (Å²) < 4.78 is 0.975. The van der Waals surface area contributed by atoms with Gasteiger partial charge in [-0.3, -0.25) is 4.79 Å². The Labute approximate surface area is 114 Å². The lowest BCUT2D eigenvalue weighted by molar-refractivity contribution is 0.0438. The summed E-state index contributed by atoms with van der Waals surface area (Å²) in [4.78, 5) is 14.1. The lowest BCUT2D eigenvalue weighted by Crippen LogP contribution is -2.33. The van der Waals surface area contributed by atoms with E-state index in [-0.39, 0.29) is 5.91 Å². The van der Waals surface area contributed by atoms with E-state index in [0.717, 1.165) is 28.7 Å². The summed E-state index contributed by atoms with van der Waals surface area (Å²) >= 11 is 4.89. The molecule has 2 heterocycles. The van der Waals surface area contributed by atoms with Gasteiger partial charge in [0, 0.05) is 18.5 Å². The van der Waals surface area contributed by atoms with Crippen LogP contribution in [-0.4, -0.2) is 34.6 Å². The molecule has 0 aromatic carbocycles. The fourth-order valence-electron chi connectivity index (χ4n) is 2.07. The number of rotatable bonds is 1. The topological polar surface area (TPSA) is 40.5 Å². The van der Waals surface area contributed by atoms with Crippen molar-refractivity contribution in [1.29, 1.82) is 0 Å². The molecule has 0 radical (unpaired) electrons. The quantitative estimate of drug-likeness (QED) is 0.865. The van der Waals surface area contributed by atoms with Gasteiger partial charge in [-0.2, -0.15) is 0 Å². The minimum Gasteiger partial charge on any atom is -0.390 e. The van der Waals surface area contributed by atoms with E-state index in [2.05, 4.69) is 15.9 Å². The highest BCUT2D eigenvalue weighted by Gasteiger charge is 2.27. The molecule has 0 aliphatic carbocycles. The lowest BCUT2D eigenvalue weighted by Gasteiger charge is -2.22. The molecule has 1 aromatic rings. The first-order valence-electron chi connectivity index (χ1n) is 5.74. The molecule has 17 heavy (non-hydrogen) atoms. The molecule has 1 fully saturated rings. The molecule has 1 saturated heterocycles. The van der Waals surface area contributed by atoms with Gasteiger partial charge in [-0.1, -0.05) is 0 Å². The van der Waals surface area contributed by atoms with Crippen molar-refractivity contribution in [2.24, 2.45) is 0 Å². The highest BCUT2D eigenvalue weighted by atomic mass is 79.9. The molecule has 0 saturated carbocycles.